The molecule has 1 aliphatic rings. The zero-order chi connectivity index (χ0) is 32.8. The van der Waals surface area contributed by atoms with Crippen molar-refractivity contribution in [3.05, 3.63) is 161 Å². The van der Waals surface area contributed by atoms with Crippen molar-refractivity contribution < 1.29 is 32.9 Å². The topological polar surface area (TPSA) is 122 Å². The highest BCUT2D eigenvalue weighted by molar-refractivity contribution is 7.99. The van der Waals surface area contributed by atoms with Crippen LogP contribution in [0.1, 0.15) is 50.9 Å². The second kappa shape index (κ2) is 14.5. The predicted molar refractivity (Wildman–Crippen MR) is 181 cm³/mol. The first-order valence-electron chi connectivity index (χ1n) is 15.0. The largest absolute Gasteiger partial charge is 0.478 e. The van der Waals surface area contributed by atoms with E-state index in [1.807, 2.05) is 60.7 Å². The molecule has 0 amide bonds. The standard InChI is InChI=1S/C37H33NO7S2/c39-23-25-14-16-27(17-15-25)35-34(26-8-3-1-4-9-26)33(24-46-31-20-18-28(19-21-31)36(40)41)44-37(45-35)29-10-7-11-30(22-29)38-47(42,43)32-12-5-2-6-13-32/h1-22,33-35,37-39H,23-24H2,(H,40,41). The molecule has 0 spiro atoms. The van der Waals surface area contributed by atoms with Crippen molar-refractivity contribution >= 4 is 33.4 Å². The number of carboxylic acids is 1. The highest BCUT2D eigenvalue weighted by Crippen LogP contribution is 2.48. The highest BCUT2D eigenvalue weighted by atomic mass is 32.2. The van der Waals surface area contributed by atoms with Gasteiger partial charge in [0.2, 0.25) is 0 Å². The summed E-state index contributed by atoms with van der Waals surface area (Å²) in [7, 11) is -3.82. The first-order chi connectivity index (χ1) is 22.8. The zero-order valence-corrected chi connectivity index (χ0v) is 26.8. The number of rotatable bonds is 11. The number of benzene rings is 5. The molecule has 6 rings (SSSR count). The molecule has 1 saturated heterocycles. The molecule has 47 heavy (non-hydrogen) atoms. The number of sulfonamides is 1. The van der Waals surface area contributed by atoms with Gasteiger partial charge in [-0.2, -0.15) is 0 Å². The van der Waals surface area contributed by atoms with Crippen LogP contribution >= 0.6 is 11.8 Å². The number of carboxylic acid groups (broad SMARTS) is 1. The van der Waals surface area contributed by atoms with Crippen molar-refractivity contribution in [1.29, 1.82) is 0 Å². The minimum absolute atomic E-state index is 0.0781. The van der Waals surface area contributed by atoms with Gasteiger partial charge >= 0.3 is 5.97 Å². The van der Waals surface area contributed by atoms with Crippen LogP contribution in [0.2, 0.25) is 0 Å². The van der Waals surface area contributed by atoms with Gasteiger partial charge in [0.25, 0.3) is 10.0 Å². The number of ether oxygens (including phenoxy) is 2. The molecule has 3 N–H and O–H groups in total. The van der Waals surface area contributed by atoms with E-state index in [-0.39, 0.29) is 29.1 Å². The molecule has 1 heterocycles. The third kappa shape index (κ3) is 7.75. The average Bonchev–Trinajstić information content (AvgIpc) is 3.11. The second-order valence-electron chi connectivity index (χ2n) is 11.1. The van der Waals surface area contributed by atoms with Crippen molar-refractivity contribution in [3.63, 3.8) is 0 Å². The summed E-state index contributed by atoms with van der Waals surface area (Å²) in [5.41, 5.74) is 3.95. The summed E-state index contributed by atoms with van der Waals surface area (Å²) in [5, 5.41) is 19.0. The molecule has 0 aromatic heterocycles. The summed E-state index contributed by atoms with van der Waals surface area (Å²) in [6.45, 7) is -0.0781. The van der Waals surface area contributed by atoms with Gasteiger partial charge in [-0.05, 0) is 65.2 Å². The Hall–Kier alpha value is -4.45. The average molecular weight is 668 g/mol. The Morgan fingerprint density at radius 3 is 2.06 bits per heavy atom. The number of hydrogen-bond donors (Lipinski definition) is 3. The van der Waals surface area contributed by atoms with Crippen LogP contribution < -0.4 is 4.72 Å². The monoisotopic (exact) mass is 667 g/mol. The Morgan fingerprint density at radius 1 is 0.745 bits per heavy atom. The first-order valence-corrected chi connectivity index (χ1v) is 17.5. The second-order valence-corrected chi connectivity index (χ2v) is 13.9. The Balaban J connectivity index is 1.35. The van der Waals surface area contributed by atoms with Gasteiger partial charge in [0.05, 0.1) is 29.3 Å². The molecule has 0 aliphatic carbocycles. The van der Waals surface area contributed by atoms with E-state index in [4.69, 9.17) is 9.47 Å². The molecule has 240 valence electrons. The fourth-order valence-electron chi connectivity index (χ4n) is 5.59. The fourth-order valence-corrected chi connectivity index (χ4v) is 7.63. The number of aliphatic hydroxyl groups is 1. The van der Waals surface area contributed by atoms with Crippen LogP contribution in [0.5, 0.6) is 0 Å². The van der Waals surface area contributed by atoms with E-state index in [0.717, 1.165) is 21.6 Å². The number of aliphatic hydroxyl groups excluding tert-OH is 1. The van der Waals surface area contributed by atoms with Crippen molar-refractivity contribution in [2.45, 2.75) is 40.8 Å². The van der Waals surface area contributed by atoms with Crippen LogP contribution in [0.15, 0.2) is 143 Å². The smallest absolute Gasteiger partial charge is 0.335 e. The van der Waals surface area contributed by atoms with Crippen molar-refractivity contribution in [1.82, 2.24) is 0 Å². The zero-order valence-electron chi connectivity index (χ0n) is 25.2. The lowest BCUT2D eigenvalue weighted by Gasteiger charge is -2.43. The maximum absolute atomic E-state index is 13.1. The maximum atomic E-state index is 13.1. The molecule has 4 atom stereocenters. The van der Waals surface area contributed by atoms with E-state index < -0.39 is 28.4 Å². The van der Waals surface area contributed by atoms with Gasteiger partial charge in [0.1, 0.15) is 0 Å². The fraction of sp³-hybridized carbons (Fsp3) is 0.162. The van der Waals surface area contributed by atoms with Gasteiger partial charge in [0.15, 0.2) is 6.29 Å². The van der Waals surface area contributed by atoms with Crippen LogP contribution in [-0.4, -0.2) is 36.5 Å². The summed E-state index contributed by atoms with van der Waals surface area (Å²) in [5.74, 6) is -0.681. The lowest BCUT2D eigenvalue weighted by atomic mass is 9.84. The number of thioether (sulfide) groups is 1. The van der Waals surface area contributed by atoms with Crippen LogP contribution in [0.25, 0.3) is 0 Å². The Morgan fingerprint density at radius 2 is 1.40 bits per heavy atom. The lowest BCUT2D eigenvalue weighted by molar-refractivity contribution is -0.255. The number of hydrogen-bond acceptors (Lipinski definition) is 7. The van der Waals surface area contributed by atoms with E-state index in [1.165, 1.54) is 12.1 Å². The molecular weight excluding hydrogens is 635 g/mol. The lowest BCUT2D eigenvalue weighted by Crippen LogP contribution is -2.38. The summed E-state index contributed by atoms with van der Waals surface area (Å²) in [4.78, 5) is 12.4. The minimum Gasteiger partial charge on any atom is -0.478 e. The van der Waals surface area contributed by atoms with Gasteiger partial charge in [-0.1, -0.05) is 84.9 Å². The number of carbonyl (C=O) groups is 1. The molecule has 0 bridgehead atoms. The number of nitrogens with one attached hydrogen (secondary N) is 1. The normalized spacial score (nSPS) is 19.6. The molecule has 10 heteroatoms. The van der Waals surface area contributed by atoms with Crippen LogP contribution in [-0.2, 0) is 26.1 Å². The van der Waals surface area contributed by atoms with Crippen molar-refractivity contribution in [2.24, 2.45) is 0 Å². The van der Waals surface area contributed by atoms with E-state index in [2.05, 4.69) is 4.72 Å². The molecule has 0 radical (unpaired) electrons. The first kappa shape index (κ1) is 32.5. The molecule has 8 nitrogen and oxygen atoms in total. The van der Waals surface area contributed by atoms with Crippen LogP contribution in [0.4, 0.5) is 5.69 Å². The van der Waals surface area contributed by atoms with Crippen LogP contribution in [0, 0.1) is 0 Å². The summed E-state index contributed by atoms with van der Waals surface area (Å²) in [6.07, 6.45) is -1.65. The predicted octanol–water partition coefficient (Wildman–Crippen LogP) is 7.41. The van der Waals surface area contributed by atoms with Gasteiger partial charge < -0.3 is 19.7 Å². The maximum Gasteiger partial charge on any atom is 0.335 e. The van der Waals surface area contributed by atoms with Gasteiger partial charge in [-0.25, -0.2) is 13.2 Å². The molecular formula is C37H33NO7S2. The summed E-state index contributed by atoms with van der Waals surface area (Å²) in [6, 6.07) is 39.6. The summed E-state index contributed by atoms with van der Waals surface area (Å²) >= 11 is 1.56. The van der Waals surface area contributed by atoms with Crippen molar-refractivity contribution in [2.75, 3.05) is 10.5 Å². The van der Waals surface area contributed by atoms with Gasteiger partial charge in [-0.15, -0.1) is 11.8 Å². The molecule has 4 unspecified atom stereocenters. The third-order valence-electron chi connectivity index (χ3n) is 7.95. The van der Waals surface area contributed by atoms with Crippen molar-refractivity contribution in [3.8, 4) is 0 Å². The van der Waals surface area contributed by atoms with Crippen LogP contribution in [0.3, 0.4) is 0 Å². The van der Waals surface area contributed by atoms with E-state index >= 15 is 0 Å². The van der Waals surface area contributed by atoms with Gasteiger partial charge in [0, 0.05) is 27.8 Å². The number of anilines is 1. The minimum atomic E-state index is -3.82. The molecule has 5 aromatic rings. The molecule has 1 aliphatic heterocycles. The third-order valence-corrected chi connectivity index (χ3v) is 10.4. The van der Waals surface area contributed by atoms with E-state index in [0.29, 0.717) is 17.0 Å². The van der Waals surface area contributed by atoms with E-state index in [9.17, 15) is 23.4 Å². The number of aromatic carboxylic acids is 1. The quantitative estimate of drug-likeness (QED) is 0.125. The van der Waals surface area contributed by atoms with Gasteiger partial charge in [-0.3, -0.25) is 4.72 Å². The molecule has 0 saturated carbocycles. The Labute approximate surface area is 278 Å². The Bertz CT molecular complexity index is 1900. The highest BCUT2D eigenvalue weighted by Gasteiger charge is 2.42. The molecule has 5 aromatic carbocycles. The Kier molecular flexibility index (Phi) is 10.1. The van der Waals surface area contributed by atoms with E-state index in [1.54, 1.807) is 72.4 Å². The molecule has 1 fully saturated rings. The SMILES string of the molecule is O=C(O)c1ccc(SCC2OC(c3cccc(NS(=O)(=O)c4ccccc4)c3)OC(c3ccc(CO)cc3)C2c2ccccc2)cc1. The summed E-state index contributed by atoms with van der Waals surface area (Å²) < 4.78 is 42.3.